The van der Waals surface area contributed by atoms with Crippen LogP contribution in [0.4, 0.5) is 0 Å². The molecule has 0 fully saturated rings. The molecule has 0 radical (unpaired) electrons. The highest BCUT2D eigenvalue weighted by atomic mass is 32.2. The van der Waals surface area contributed by atoms with E-state index in [4.69, 9.17) is 16.6 Å². The van der Waals surface area contributed by atoms with Crippen molar-refractivity contribution in [1.82, 2.24) is 20.7 Å². The summed E-state index contributed by atoms with van der Waals surface area (Å²) in [6.45, 7) is 2.71. The Morgan fingerprint density at radius 2 is 2.26 bits per heavy atom. The van der Waals surface area contributed by atoms with Crippen molar-refractivity contribution in [1.29, 1.82) is 0 Å². The molecule has 0 spiro atoms. The molecule has 0 amide bonds. The number of nitrogens with one attached hydrogen (secondary N) is 3. The number of hydrogen-bond donors (Lipinski definition) is 3. The van der Waals surface area contributed by atoms with Crippen LogP contribution in [0.15, 0.2) is 56.2 Å². The molecule has 0 aliphatic heterocycles. The van der Waals surface area contributed by atoms with Crippen LogP contribution in [0.3, 0.4) is 0 Å². The summed E-state index contributed by atoms with van der Waals surface area (Å²) in [6, 6.07) is 11.6. The minimum absolute atomic E-state index is 0.479. The van der Waals surface area contributed by atoms with Crippen molar-refractivity contribution in [2.24, 2.45) is 5.10 Å². The maximum atomic E-state index is 5.68. The third kappa shape index (κ3) is 4.11. The standard InChI is InChI=1S/C15H15N5OS2/c1-2-16-14(22)20-17-9-10-7-8-13(21-10)23-15-18-11-5-3-4-6-12(11)19-15/h3-9H,2H2,1H3,(H,18,19)(H2,16,20,22). The van der Waals surface area contributed by atoms with Crippen molar-refractivity contribution in [2.45, 2.75) is 17.2 Å². The molecule has 3 N–H and O–H groups in total. The van der Waals surface area contributed by atoms with Crippen LogP contribution in [-0.4, -0.2) is 27.8 Å². The molecular weight excluding hydrogens is 330 g/mol. The molecule has 3 rings (SSSR count). The monoisotopic (exact) mass is 345 g/mol. The van der Waals surface area contributed by atoms with Crippen molar-refractivity contribution >= 4 is 46.3 Å². The summed E-state index contributed by atoms with van der Waals surface area (Å²) < 4.78 is 5.68. The van der Waals surface area contributed by atoms with E-state index in [1.807, 2.05) is 43.3 Å². The summed E-state index contributed by atoms with van der Waals surface area (Å²) in [4.78, 5) is 7.75. The van der Waals surface area contributed by atoms with E-state index in [0.717, 1.165) is 27.8 Å². The Balaban J connectivity index is 1.62. The molecule has 2 heterocycles. The first-order valence-corrected chi connectivity index (χ1v) is 8.26. The van der Waals surface area contributed by atoms with E-state index in [1.165, 1.54) is 11.8 Å². The highest BCUT2D eigenvalue weighted by molar-refractivity contribution is 7.99. The molecule has 1 aromatic carbocycles. The molecule has 0 aliphatic carbocycles. The number of para-hydroxylation sites is 2. The van der Waals surface area contributed by atoms with Crippen LogP contribution in [-0.2, 0) is 0 Å². The number of hydrazone groups is 1. The van der Waals surface area contributed by atoms with Crippen LogP contribution in [0.5, 0.6) is 0 Å². The van der Waals surface area contributed by atoms with Gasteiger partial charge in [0.1, 0.15) is 5.76 Å². The molecule has 3 aromatic rings. The number of aromatic amines is 1. The van der Waals surface area contributed by atoms with Crippen molar-refractivity contribution in [3.05, 3.63) is 42.2 Å². The number of thiocarbonyl (C=S) groups is 1. The zero-order valence-electron chi connectivity index (χ0n) is 12.4. The highest BCUT2D eigenvalue weighted by Gasteiger charge is 2.07. The van der Waals surface area contributed by atoms with E-state index in [1.54, 1.807) is 6.21 Å². The second-order valence-corrected chi connectivity index (χ2v) is 5.95. The fraction of sp³-hybridized carbons (Fsp3) is 0.133. The van der Waals surface area contributed by atoms with E-state index < -0.39 is 0 Å². The summed E-state index contributed by atoms with van der Waals surface area (Å²) in [5.74, 6) is 0.635. The summed E-state index contributed by atoms with van der Waals surface area (Å²) in [7, 11) is 0. The number of nitrogens with zero attached hydrogens (tertiary/aromatic N) is 2. The van der Waals surface area contributed by atoms with Gasteiger partial charge in [-0.05, 0) is 55.2 Å². The molecule has 0 unspecified atom stereocenters. The fourth-order valence-corrected chi connectivity index (χ4v) is 2.85. The Morgan fingerprint density at radius 3 is 3.09 bits per heavy atom. The Labute approximate surface area is 142 Å². The van der Waals surface area contributed by atoms with Gasteiger partial charge >= 0.3 is 0 Å². The van der Waals surface area contributed by atoms with E-state index in [0.29, 0.717) is 10.9 Å². The minimum atomic E-state index is 0.479. The predicted molar refractivity (Wildman–Crippen MR) is 95.9 cm³/mol. The zero-order valence-corrected chi connectivity index (χ0v) is 14.0. The largest absolute Gasteiger partial charge is 0.448 e. The van der Waals surface area contributed by atoms with Crippen LogP contribution in [0.1, 0.15) is 12.7 Å². The van der Waals surface area contributed by atoms with Crippen LogP contribution in [0.2, 0.25) is 0 Å². The Bertz CT molecular complexity index is 806. The Hall–Kier alpha value is -2.32. The lowest BCUT2D eigenvalue weighted by Gasteiger charge is -2.01. The molecule has 0 bridgehead atoms. The van der Waals surface area contributed by atoms with E-state index >= 15 is 0 Å². The first kappa shape index (κ1) is 15.6. The van der Waals surface area contributed by atoms with E-state index in [-0.39, 0.29) is 0 Å². The van der Waals surface area contributed by atoms with Crippen LogP contribution in [0, 0.1) is 0 Å². The fourth-order valence-electron chi connectivity index (χ4n) is 1.89. The topological polar surface area (TPSA) is 78.2 Å². The smallest absolute Gasteiger partial charge is 0.186 e. The lowest BCUT2D eigenvalue weighted by Crippen LogP contribution is -2.31. The van der Waals surface area contributed by atoms with Crippen molar-refractivity contribution in [2.75, 3.05) is 6.54 Å². The van der Waals surface area contributed by atoms with Gasteiger partial charge in [0.15, 0.2) is 15.4 Å². The maximum absolute atomic E-state index is 5.68. The van der Waals surface area contributed by atoms with Crippen molar-refractivity contribution < 1.29 is 4.42 Å². The number of furan rings is 1. The molecule has 0 saturated heterocycles. The van der Waals surface area contributed by atoms with Crippen LogP contribution >= 0.6 is 24.0 Å². The van der Waals surface area contributed by atoms with Crippen LogP contribution in [0.25, 0.3) is 11.0 Å². The van der Waals surface area contributed by atoms with E-state index in [9.17, 15) is 0 Å². The number of H-pyrrole nitrogens is 1. The molecule has 2 aromatic heterocycles. The molecule has 23 heavy (non-hydrogen) atoms. The first-order chi connectivity index (χ1) is 11.2. The summed E-state index contributed by atoms with van der Waals surface area (Å²) >= 11 is 6.44. The zero-order chi connectivity index (χ0) is 16.1. The summed E-state index contributed by atoms with van der Waals surface area (Å²) in [5, 5.41) is 8.95. The Kier molecular flexibility index (Phi) is 4.94. The third-order valence-corrected chi connectivity index (χ3v) is 3.91. The number of rotatable bonds is 5. The van der Waals surface area contributed by atoms with E-state index in [2.05, 4.69) is 25.8 Å². The quantitative estimate of drug-likeness (QED) is 0.375. The average Bonchev–Trinajstić information content (AvgIpc) is 3.14. The molecule has 8 heteroatoms. The Morgan fingerprint density at radius 1 is 1.39 bits per heavy atom. The highest BCUT2D eigenvalue weighted by Crippen LogP contribution is 2.28. The SMILES string of the molecule is CCNC(=S)NN=Cc1ccc(Sc2nc3ccccc3[nH]2)o1. The number of hydrogen-bond acceptors (Lipinski definition) is 5. The molecule has 0 atom stereocenters. The maximum Gasteiger partial charge on any atom is 0.186 e. The van der Waals surface area contributed by atoms with Crippen molar-refractivity contribution in [3.63, 3.8) is 0 Å². The molecule has 118 valence electrons. The average molecular weight is 345 g/mol. The summed E-state index contributed by atoms with van der Waals surface area (Å²) in [5.41, 5.74) is 4.65. The normalized spacial score (nSPS) is 11.2. The van der Waals surface area contributed by atoms with Gasteiger partial charge in [-0.2, -0.15) is 5.10 Å². The minimum Gasteiger partial charge on any atom is -0.448 e. The number of aromatic nitrogens is 2. The molecule has 0 saturated carbocycles. The van der Waals surface area contributed by atoms with Gasteiger partial charge in [-0.3, -0.25) is 5.43 Å². The number of imidazole rings is 1. The number of benzene rings is 1. The molecule has 0 aliphatic rings. The lowest BCUT2D eigenvalue weighted by molar-refractivity contribution is 0.468. The van der Waals surface area contributed by atoms with Gasteiger partial charge in [0.25, 0.3) is 0 Å². The second-order valence-electron chi connectivity index (χ2n) is 4.55. The number of fused-ring (bicyclic) bond motifs is 1. The summed E-state index contributed by atoms with van der Waals surface area (Å²) in [6.07, 6.45) is 1.58. The van der Waals surface area contributed by atoms with Gasteiger partial charge in [-0.1, -0.05) is 12.1 Å². The van der Waals surface area contributed by atoms with Gasteiger partial charge in [0, 0.05) is 6.54 Å². The van der Waals surface area contributed by atoms with Gasteiger partial charge < -0.3 is 14.7 Å². The lowest BCUT2D eigenvalue weighted by atomic mass is 10.3. The van der Waals surface area contributed by atoms with Crippen LogP contribution < -0.4 is 10.7 Å². The van der Waals surface area contributed by atoms with Gasteiger partial charge in [0.2, 0.25) is 0 Å². The molecular formula is C15H15N5OS2. The third-order valence-electron chi connectivity index (χ3n) is 2.86. The molecule has 6 nitrogen and oxygen atoms in total. The van der Waals surface area contributed by atoms with Gasteiger partial charge in [0.05, 0.1) is 17.2 Å². The predicted octanol–water partition coefficient (Wildman–Crippen LogP) is 3.13. The van der Waals surface area contributed by atoms with Gasteiger partial charge in [-0.25, -0.2) is 4.98 Å². The van der Waals surface area contributed by atoms with Gasteiger partial charge in [-0.15, -0.1) is 0 Å². The second kappa shape index (κ2) is 7.30. The first-order valence-electron chi connectivity index (χ1n) is 7.04. The van der Waals surface area contributed by atoms with Crippen molar-refractivity contribution in [3.8, 4) is 0 Å².